The zero-order valence-electron chi connectivity index (χ0n) is 11.8. The van der Waals surface area contributed by atoms with Crippen molar-refractivity contribution in [3.63, 3.8) is 0 Å². The summed E-state index contributed by atoms with van der Waals surface area (Å²) in [6, 6.07) is 4.73. The van der Waals surface area contributed by atoms with Crippen molar-refractivity contribution in [1.82, 2.24) is 9.55 Å². The molecule has 0 aliphatic heterocycles. The van der Waals surface area contributed by atoms with Gasteiger partial charge in [0.1, 0.15) is 0 Å². The number of pyridine rings is 1. The fourth-order valence-corrected chi connectivity index (χ4v) is 2.23. The molecular formula is C14H9FN4O5. The number of imidazole rings is 1. The first kappa shape index (κ1) is 15.2. The van der Waals surface area contributed by atoms with E-state index in [-0.39, 0.29) is 21.7 Å². The van der Waals surface area contributed by atoms with E-state index in [1.165, 1.54) is 29.2 Å². The largest absolute Gasteiger partial charge is 0.617 e. The molecule has 122 valence electrons. The van der Waals surface area contributed by atoms with Crippen LogP contribution in [-0.4, -0.2) is 24.7 Å². The minimum absolute atomic E-state index is 0.0237. The maximum atomic E-state index is 14.0. The highest BCUT2D eigenvalue weighted by atomic mass is 19.1. The van der Waals surface area contributed by atoms with Crippen LogP contribution in [0.4, 0.5) is 10.1 Å². The molecule has 3 aromatic rings. The second-order valence-corrected chi connectivity index (χ2v) is 4.78. The predicted octanol–water partition coefficient (Wildman–Crippen LogP) is 1.63. The van der Waals surface area contributed by atoms with Crippen molar-refractivity contribution in [2.75, 3.05) is 0 Å². The number of hydrogen-bond donors (Lipinski definition) is 2. The minimum atomic E-state index is -1.09. The summed E-state index contributed by atoms with van der Waals surface area (Å²) in [5.74, 6) is -2.67. The highest BCUT2D eigenvalue weighted by molar-refractivity contribution is 5.71. The SMILES string of the molecule is O=[N+]([O-])c1cc(-c2cncn2-c2ccc[n+]([O-])c2F)cc(O)c1O. The quantitative estimate of drug-likeness (QED) is 0.187. The van der Waals surface area contributed by atoms with E-state index in [9.17, 15) is 29.9 Å². The summed E-state index contributed by atoms with van der Waals surface area (Å²) < 4.78 is 15.2. The lowest BCUT2D eigenvalue weighted by Crippen LogP contribution is -2.31. The van der Waals surface area contributed by atoms with Gasteiger partial charge in [-0.15, -0.1) is 9.12 Å². The Bertz CT molecular complexity index is 956. The number of phenolic OH excluding ortho intramolecular Hbond substituents is 2. The molecule has 0 amide bonds. The Balaban J connectivity index is 2.22. The Hall–Kier alpha value is -3.69. The van der Waals surface area contributed by atoms with E-state index in [0.717, 1.165) is 18.3 Å². The van der Waals surface area contributed by atoms with E-state index in [1.807, 2.05) is 0 Å². The summed E-state index contributed by atoms with van der Waals surface area (Å²) in [6.07, 6.45) is 3.47. The summed E-state index contributed by atoms with van der Waals surface area (Å²) in [4.78, 5) is 13.9. The molecule has 0 bridgehead atoms. The van der Waals surface area contributed by atoms with Crippen LogP contribution in [0.15, 0.2) is 43.0 Å². The van der Waals surface area contributed by atoms with Crippen LogP contribution in [0.1, 0.15) is 0 Å². The smallest absolute Gasteiger partial charge is 0.395 e. The molecule has 0 radical (unpaired) electrons. The summed E-state index contributed by atoms with van der Waals surface area (Å²) in [7, 11) is 0. The van der Waals surface area contributed by atoms with Crippen LogP contribution in [0.3, 0.4) is 0 Å². The second-order valence-electron chi connectivity index (χ2n) is 4.78. The number of nitro benzene ring substituents is 1. The van der Waals surface area contributed by atoms with Crippen molar-refractivity contribution in [1.29, 1.82) is 0 Å². The molecule has 2 heterocycles. The second kappa shape index (κ2) is 5.50. The summed E-state index contributed by atoms with van der Waals surface area (Å²) >= 11 is 0. The molecule has 1 aromatic carbocycles. The van der Waals surface area contributed by atoms with E-state index < -0.39 is 28.1 Å². The summed E-state index contributed by atoms with van der Waals surface area (Å²) in [5, 5.41) is 41.5. The Morgan fingerprint density at radius 3 is 2.79 bits per heavy atom. The van der Waals surface area contributed by atoms with Crippen molar-refractivity contribution in [2.45, 2.75) is 0 Å². The number of benzene rings is 1. The van der Waals surface area contributed by atoms with Gasteiger partial charge in [-0.3, -0.25) is 14.7 Å². The van der Waals surface area contributed by atoms with Gasteiger partial charge >= 0.3 is 11.6 Å². The molecule has 0 spiro atoms. The lowest BCUT2D eigenvalue weighted by Gasteiger charge is -2.09. The number of phenols is 2. The van der Waals surface area contributed by atoms with Crippen LogP contribution in [0, 0.1) is 21.3 Å². The first-order valence-electron chi connectivity index (χ1n) is 6.51. The van der Waals surface area contributed by atoms with Crippen molar-refractivity contribution in [3.05, 3.63) is 64.3 Å². The first-order chi connectivity index (χ1) is 11.4. The van der Waals surface area contributed by atoms with Crippen molar-refractivity contribution in [2.24, 2.45) is 0 Å². The molecule has 10 heteroatoms. The molecule has 0 fully saturated rings. The van der Waals surface area contributed by atoms with Crippen molar-refractivity contribution in [3.8, 4) is 28.4 Å². The minimum Gasteiger partial charge on any atom is -0.617 e. The van der Waals surface area contributed by atoms with E-state index in [2.05, 4.69) is 4.98 Å². The van der Waals surface area contributed by atoms with Crippen LogP contribution in [0.2, 0.25) is 0 Å². The molecule has 9 nitrogen and oxygen atoms in total. The van der Waals surface area contributed by atoms with Crippen molar-refractivity contribution >= 4 is 5.69 Å². The monoisotopic (exact) mass is 332 g/mol. The molecule has 0 saturated carbocycles. The number of rotatable bonds is 3. The maximum absolute atomic E-state index is 14.0. The first-order valence-corrected chi connectivity index (χ1v) is 6.51. The summed E-state index contributed by atoms with van der Waals surface area (Å²) in [5.41, 5.74) is -0.561. The number of aromatic nitrogens is 3. The molecule has 0 saturated heterocycles. The van der Waals surface area contributed by atoms with E-state index in [1.54, 1.807) is 0 Å². The van der Waals surface area contributed by atoms with E-state index in [4.69, 9.17) is 0 Å². The highest BCUT2D eigenvalue weighted by Crippen LogP contribution is 2.39. The van der Waals surface area contributed by atoms with Gasteiger partial charge < -0.3 is 15.4 Å². The van der Waals surface area contributed by atoms with Gasteiger partial charge in [0.2, 0.25) is 5.75 Å². The Kier molecular flexibility index (Phi) is 3.49. The van der Waals surface area contributed by atoms with Gasteiger partial charge in [0.15, 0.2) is 17.6 Å². The zero-order valence-corrected chi connectivity index (χ0v) is 11.8. The zero-order chi connectivity index (χ0) is 17.4. The molecule has 0 aliphatic rings. The van der Waals surface area contributed by atoms with E-state index >= 15 is 0 Å². The lowest BCUT2D eigenvalue weighted by molar-refractivity contribution is -0.636. The van der Waals surface area contributed by atoms with E-state index in [0.29, 0.717) is 0 Å². The lowest BCUT2D eigenvalue weighted by atomic mass is 10.1. The third-order valence-corrected chi connectivity index (χ3v) is 3.34. The number of aromatic hydroxyl groups is 2. The van der Waals surface area contributed by atoms with Crippen molar-refractivity contribution < 1.29 is 24.3 Å². The van der Waals surface area contributed by atoms with Crippen LogP contribution in [0.5, 0.6) is 11.5 Å². The molecule has 0 unspecified atom stereocenters. The third kappa shape index (κ3) is 2.35. The van der Waals surface area contributed by atoms with Crippen LogP contribution < -0.4 is 4.73 Å². The number of nitro groups is 1. The van der Waals surface area contributed by atoms with Gasteiger partial charge in [0.05, 0.1) is 23.1 Å². The molecule has 2 aromatic heterocycles. The molecular weight excluding hydrogens is 323 g/mol. The fraction of sp³-hybridized carbons (Fsp3) is 0. The normalized spacial score (nSPS) is 10.7. The fourth-order valence-electron chi connectivity index (χ4n) is 2.23. The molecule has 2 N–H and O–H groups in total. The Labute approximate surface area is 133 Å². The number of hydrogen-bond acceptors (Lipinski definition) is 6. The Morgan fingerprint density at radius 1 is 1.33 bits per heavy atom. The molecule has 0 atom stereocenters. The van der Waals surface area contributed by atoms with Gasteiger partial charge in [-0.2, -0.15) is 0 Å². The highest BCUT2D eigenvalue weighted by Gasteiger charge is 2.22. The average Bonchev–Trinajstić information content (AvgIpc) is 3.01. The molecule has 3 rings (SSSR count). The van der Waals surface area contributed by atoms with Crippen LogP contribution in [-0.2, 0) is 0 Å². The van der Waals surface area contributed by atoms with Gasteiger partial charge in [-0.1, -0.05) is 0 Å². The maximum Gasteiger partial charge on any atom is 0.395 e. The predicted molar refractivity (Wildman–Crippen MR) is 77.9 cm³/mol. The average molecular weight is 332 g/mol. The topological polar surface area (TPSA) is 128 Å². The van der Waals surface area contributed by atoms with Gasteiger partial charge in [0, 0.05) is 17.7 Å². The summed E-state index contributed by atoms with van der Waals surface area (Å²) in [6.45, 7) is 0. The number of halogens is 1. The molecule has 24 heavy (non-hydrogen) atoms. The Morgan fingerprint density at radius 2 is 2.08 bits per heavy atom. The van der Waals surface area contributed by atoms with Gasteiger partial charge in [0.25, 0.3) is 0 Å². The van der Waals surface area contributed by atoms with Gasteiger partial charge in [-0.25, -0.2) is 4.98 Å². The third-order valence-electron chi connectivity index (χ3n) is 3.34. The standard InChI is InChI=1S/C14H9FN4O5/c15-14-9(2-1-3-18(14)22)17-7-16-6-11(17)8-4-10(19(23)24)13(21)12(20)5-8/h1-7,20-21H. The number of nitrogens with zero attached hydrogens (tertiary/aromatic N) is 4. The van der Waals surface area contributed by atoms with Gasteiger partial charge in [-0.05, 0) is 12.1 Å². The van der Waals surface area contributed by atoms with Crippen LogP contribution in [0.25, 0.3) is 16.9 Å². The molecule has 0 aliphatic carbocycles. The van der Waals surface area contributed by atoms with Crippen LogP contribution >= 0.6 is 0 Å².